The van der Waals surface area contributed by atoms with Crippen molar-refractivity contribution in [1.82, 2.24) is 0 Å². The number of carbonyl (C=O) groups is 1. The van der Waals surface area contributed by atoms with E-state index in [2.05, 4.69) is 6.92 Å². The molecule has 0 aliphatic carbocycles. The van der Waals surface area contributed by atoms with Crippen molar-refractivity contribution in [3.8, 4) is 23.0 Å². The molecule has 0 N–H and O–H groups in total. The molecule has 2 aromatic rings. The Hall–Kier alpha value is -2.95. The van der Waals surface area contributed by atoms with Crippen molar-refractivity contribution in [2.45, 2.75) is 39.5 Å². The van der Waals surface area contributed by atoms with Gasteiger partial charge < -0.3 is 18.9 Å². The van der Waals surface area contributed by atoms with Gasteiger partial charge in [0.1, 0.15) is 0 Å². The fourth-order valence-corrected chi connectivity index (χ4v) is 2.73. The summed E-state index contributed by atoms with van der Waals surface area (Å²) in [4.78, 5) is 12.2. The molecule has 2 aromatic carbocycles. The van der Waals surface area contributed by atoms with Gasteiger partial charge in [0.15, 0.2) is 23.0 Å². The first kappa shape index (κ1) is 22.3. The van der Waals surface area contributed by atoms with Crippen molar-refractivity contribution in [2.75, 3.05) is 20.3 Å². The van der Waals surface area contributed by atoms with Crippen LogP contribution in [0.25, 0.3) is 6.08 Å². The van der Waals surface area contributed by atoms with E-state index in [-0.39, 0.29) is 0 Å². The zero-order valence-corrected chi connectivity index (χ0v) is 17.5. The van der Waals surface area contributed by atoms with Crippen LogP contribution in [0.4, 0.5) is 0 Å². The molecule has 0 amide bonds. The van der Waals surface area contributed by atoms with Crippen molar-refractivity contribution in [3.63, 3.8) is 0 Å². The lowest BCUT2D eigenvalue weighted by Gasteiger charge is -2.11. The van der Waals surface area contributed by atoms with Crippen molar-refractivity contribution >= 4 is 12.0 Å². The monoisotopic (exact) mass is 398 g/mol. The quantitative estimate of drug-likeness (QED) is 0.199. The van der Waals surface area contributed by atoms with Crippen LogP contribution < -0.4 is 18.9 Å². The third kappa shape index (κ3) is 7.53. The molecular formula is C24H30O5. The number of ether oxygens (including phenoxy) is 4. The number of unbranched alkanes of at least 4 members (excludes halogenated alkanes) is 3. The summed E-state index contributed by atoms with van der Waals surface area (Å²) < 4.78 is 22.1. The summed E-state index contributed by atoms with van der Waals surface area (Å²) in [6.45, 7) is 5.22. The molecule has 0 aliphatic heterocycles. The maximum absolute atomic E-state index is 12.2. The molecular weight excluding hydrogens is 368 g/mol. The van der Waals surface area contributed by atoms with Gasteiger partial charge in [-0.05, 0) is 49.2 Å². The lowest BCUT2D eigenvalue weighted by Crippen LogP contribution is -2.05. The molecule has 0 saturated carbocycles. The van der Waals surface area contributed by atoms with Gasteiger partial charge in [0, 0.05) is 6.08 Å². The van der Waals surface area contributed by atoms with Gasteiger partial charge >= 0.3 is 5.97 Å². The number of benzene rings is 2. The summed E-state index contributed by atoms with van der Waals surface area (Å²) >= 11 is 0. The molecule has 0 radical (unpaired) electrons. The van der Waals surface area contributed by atoms with Crippen LogP contribution in [0.15, 0.2) is 48.5 Å². The van der Waals surface area contributed by atoms with Gasteiger partial charge in [-0.2, -0.15) is 0 Å². The Bertz CT molecular complexity index is 798. The maximum Gasteiger partial charge on any atom is 0.336 e. The minimum absolute atomic E-state index is 0.397. The highest BCUT2D eigenvalue weighted by Crippen LogP contribution is 2.29. The molecule has 0 spiro atoms. The Morgan fingerprint density at radius 3 is 2.38 bits per heavy atom. The zero-order valence-electron chi connectivity index (χ0n) is 17.5. The van der Waals surface area contributed by atoms with E-state index in [0.29, 0.717) is 36.2 Å². The Morgan fingerprint density at radius 2 is 1.66 bits per heavy atom. The normalized spacial score (nSPS) is 10.7. The summed E-state index contributed by atoms with van der Waals surface area (Å²) in [5.41, 5.74) is 0.815. The van der Waals surface area contributed by atoms with E-state index in [1.165, 1.54) is 18.9 Å². The SMILES string of the molecule is CCCCCCOc1ccc(C=CC(=O)Oc2ccccc2OCC)cc1OC. The number of hydrogen-bond acceptors (Lipinski definition) is 5. The van der Waals surface area contributed by atoms with Crippen LogP contribution in [-0.2, 0) is 4.79 Å². The van der Waals surface area contributed by atoms with Crippen LogP contribution in [0.1, 0.15) is 45.1 Å². The standard InChI is InChI=1S/C24H30O5/c1-4-6-7-10-17-28-21-15-13-19(18-23(21)26-3)14-16-24(25)29-22-12-9-8-11-20(22)27-5-2/h8-9,11-16,18H,4-7,10,17H2,1-3H3. The van der Waals surface area contributed by atoms with Gasteiger partial charge in [-0.25, -0.2) is 4.79 Å². The fourth-order valence-electron chi connectivity index (χ4n) is 2.73. The first-order chi connectivity index (χ1) is 14.2. The second kappa shape index (κ2) is 12.5. The molecule has 0 heterocycles. The predicted molar refractivity (Wildman–Crippen MR) is 115 cm³/mol. The van der Waals surface area contributed by atoms with Crippen LogP contribution in [0.3, 0.4) is 0 Å². The largest absolute Gasteiger partial charge is 0.493 e. The van der Waals surface area contributed by atoms with Gasteiger partial charge in [0.25, 0.3) is 0 Å². The third-order valence-electron chi connectivity index (χ3n) is 4.21. The smallest absolute Gasteiger partial charge is 0.336 e. The number of hydrogen-bond donors (Lipinski definition) is 0. The Labute approximate surface area is 173 Å². The molecule has 29 heavy (non-hydrogen) atoms. The van der Waals surface area contributed by atoms with Gasteiger partial charge in [-0.15, -0.1) is 0 Å². The summed E-state index contributed by atoms with van der Waals surface area (Å²) in [7, 11) is 1.60. The third-order valence-corrected chi connectivity index (χ3v) is 4.21. The van der Waals surface area contributed by atoms with Gasteiger partial charge in [-0.1, -0.05) is 44.4 Å². The van der Waals surface area contributed by atoms with Crippen LogP contribution >= 0.6 is 0 Å². The number of carbonyl (C=O) groups excluding carboxylic acids is 1. The molecule has 0 fully saturated rings. The van der Waals surface area contributed by atoms with Crippen LogP contribution in [0.5, 0.6) is 23.0 Å². The summed E-state index contributed by atoms with van der Waals surface area (Å²) in [5.74, 6) is 1.80. The number of methoxy groups -OCH3 is 1. The highest BCUT2D eigenvalue weighted by molar-refractivity contribution is 5.89. The summed E-state index contributed by atoms with van der Waals surface area (Å²) in [6, 6.07) is 12.7. The Kier molecular flexibility index (Phi) is 9.63. The molecule has 5 nitrogen and oxygen atoms in total. The van der Waals surface area contributed by atoms with Gasteiger partial charge in [0.2, 0.25) is 0 Å². The minimum atomic E-state index is -0.479. The summed E-state index contributed by atoms with van der Waals surface area (Å²) in [6.07, 6.45) is 7.66. The number of rotatable bonds is 12. The number of para-hydroxylation sites is 2. The molecule has 2 rings (SSSR count). The summed E-state index contributed by atoms with van der Waals surface area (Å²) in [5, 5.41) is 0. The van der Waals surface area contributed by atoms with Crippen molar-refractivity contribution in [2.24, 2.45) is 0 Å². The van der Waals surface area contributed by atoms with Gasteiger partial charge in [0.05, 0.1) is 20.3 Å². The second-order valence-electron chi connectivity index (χ2n) is 6.45. The fraction of sp³-hybridized carbons (Fsp3) is 0.375. The average molecular weight is 398 g/mol. The predicted octanol–water partition coefficient (Wildman–Crippen LogP) is 5.67. The molecule has 0 bridgehead atoms. The maximum atomic E-state index is 12.2. The number of esters is 1. The van der Waals surface area contributed by atoms with Crippen LogP contribution in [0, 0.1) is 0 Å². The van der Waals surface area contributed by atoms with Crippen molar-refractivity contribution in [1.29, 1.82) is 0 Å². The van der Waals surface area contributed by atoms with E-state index in [1.807, 2.05) is 31.2 Å². The van der Waals surface area contributed by atoms with E-state index >= 15 is 0 Å². The lowest BCUT2D eigenvalue weighted by atomic mass is 10.2. The van der Waals surface area contributed by atoms with E-state index in [9.17, 15) is 4.79 Å². The van der Waals surface area contributed by atoms with E-state index in [1.54, 1.807) is 31.4 Å². The van der Waals surface area contributed by atoms with Crippen LogP contribution in [0.2, 0.25) is 0 Å². The Balaban J connectivity index is 1.96. The first-order valence-corrected chi connectivity index (χ1v) is 10.1. The molecule has 0 unspecified atom stereocenters. The van der Waals surface area contributed by atoms with Crippen molar-refractivity contribution < 1.29 is 23.7 Å². The van der Waals surface area contributed by atoms with Crippen LogP contribution in [-0.4, -0.2) is 26.3 Å². The topological polar surface area (TPSA) is 54.0 Å². The second-order valence-corrected chi connectivity index (χ2v) is 6.45. The highest BCUT2D eigenvalue weighted by Gasteiger charge is 2.08. The molecule has 0 aromatic heterocycles. The van der Waals surface area contributed by atoms with Gasteiger partial charge in [-0.3, -0.25) is 0 Å². The highest BCUT2D eigenvalue weighted by atomic mass is 16.6. The first-order valence-electron chi connectivity index (χ1n) is 10.1. The van der Waals surface area contributed by atoms with E-state index in [4.69, 9.17) is 18.9 Å². The van der Waals surface area contributed by atoms with E-state index in [0.717, 1.165) is 18.4 Å². The minimum Gasteiger partial charge on any atom is -0.493 e. The molecule has 0 atom stereocenters. The molecule has 0 saturated heterocycles. The van der Waals surface area contributed by atoms with Crippen molar-refractivity contribution in [3.05, 3.63) is 54.1 Å². The average Bonchev–Trinajstić information content (AvgIpc) is 2.74. The lowest BCUT2D eigenvalue weighted by molar-refractivity contribution is -0.129. The molecule has 5 heteroatoms. The van der Waals surface area contributed by atoms with E-state index < -0.39 is 5.97 Å². The Morgan fingerprint density at radius 1 is 0.897 bits per heavy atom. The molecule has 156 valence electrons. The molecule has 0 aliphatic rings. The zero-order chi connectivity index (χ0) is 20.9.